The fourth-order valence-corrected chi connectivity index (χ4v) is 3.71. The van der Waals surface area contributed by atoms with Crippen molar-refractivity contribution >= 4 is 16.8 Å². The highest BCUT2D eigenvalue weighted by Crippen LogP contribution is 2.34. The highest BCUT2D eigenvalue weighted by molar-refractivity contribution is 6.06. The number of fused-ring (bicyclic) bond motifs is 2. The highest BCUT2D eigenvalue weighted by Gasteiger charge is 2.25. The predicted octanol–water partition coefficient (Wildman–Crippen LogP) is 3.76. The Morgan fingerprint density at radius 3 is 2.48 bits per heavy atom. The van der Waals surface area contributed by atoms with E-state index in [2.05, 4.69) is 4.98 Å². The van der Waals surface area contributed by atoms with Gasteiger partial charge >= 0.3 is 0 Å². The van der Waals surface area contributed by atoms with Gasteiger partial charge in [-0.3, -0.25) is 9.78 Å². The third kappa shape index (κ3) is 3.10. The molecule has 1 amide bonds. The Morgan fingerprint density at radius 1 is 1.04 bits per heavy atom. The summed E-state index contributed by atoms with van der Waals surface area (Å²) in [6, 6.07) is 13.7. The van der Waals surface area contributed by atoms with E-state index in [-0.39, 0.29) is 5.91 Å². The molecule has 2 heterocycles. The molecule has 4 rings (SSSR count). The van der Waals surface area contributed by atoms with Gasteiger partial charge in [-0.25, -0.2) is 0 Å². The van der Waals surface area contributed by atoms with Gasteiger partial charge in [-0.2, -0.15) is 0 Å². The monoisotopic (exact) mass is 362 g/mol. The second-order valence-corrected chi connectivity index (χ2v) is 6.78. The van der Waals surface area contributed by atoms with Crippen LogP contribution in [-0.4, -0.2) is 36.6 Å². The van der Waals surface area contributed by atoms with Crippen LogP contribution >= 0.6 is 0 Å². The molecule has 5 heteroatoms. The van der Waals surface area contributed by atoms with Gasteiger partial charge in [-0.15, -0.1) is 0 Å². The van der Waals surface area contributed by atoms with Gasteiger partial charge in [0.15, 0.2) is 11.5 Å². The van der Waals surface area contributed by atoms with E-state index >= 15 is 0 Å². The van der Waals surface area contributed by atoms with E-state index in [1.165, 1.54) is 5.56 Å². The first-order valence-corrected chi connectivity index (χ1v) is 9.00. The second-order valence-electron chi connectivity index (χ2n) is 6.78. The first-order chi connectivity index (χ1) is 13.1. The maximum absolute atomic E-state index is 13.3. The van der Waals surface area contributed by atoms with E-state index in [1.807, 2.05) is 54.3 Å². The summed E-state index contributed by atoms with van der Waals surface area (Å²) >= 11 is 0. The van der Waals surface area contributed by atoms with Crippen molar-refractivity contribution in [3.8, 4) is 11.5 Å². The zero-order chi connectivity index (χ0) is 19.0. The van der Waals surface area contributed by atoms with Crippen molar-refractivity contribution in [1.29, 1.82) is 0 Å². The van der Waals surface area contributed by atoms with Gasteiger partial charge in [0.1, 0.15) is 0 Å². The summed E-state index contributed by atoms with van der Waals surface area (Å²) in [6.07, 6.45) is 0.795. The molecule has 0 spiro atoms. The van der Waals surface area contributed by atoms with Crippen LogP contribution in [0.25, 0.3) is 10.9 Å². The van der Waals surface area contributed by atoms with Crippen LogP contribution in [0.2, 0.25) is 0 Å². The zero-order valence-electron chi connectivity index (χ0n) is 15.8. The molecule has 0 atom stereocenters. The quantitative estimate of drug-likeness (QED) is 0.712. The van der Waals surface area contributed by atoms with Crippen LogP contribution in [0.4, 0.5) is 0 Å². The number of rotatable bonds is 3. The molecular formula is C22H22N2O3. The van der Waals surface area contributed by atoms with E-state index < -0.39 is 0 Å². The normalized spacial score (nSPS) is 13.4. The van der Waals surface area contributed by atoms with Crippen LogP contribution < -0.4 is 9.47 Å². The molecule has 1 aromatic heterocycles. The summed E-state index contributed by atoms with van der Waals surface area (Å²) in [7, 11) is 3.27. The van der Waals surface area contributed by atoms with Gasteiger partial charge in [0, 0.05) is 24.2 Å². The molecule has 0 fully saturated rings. The smallest absolute Gasteiger partial charge is 0.254 e. The Morgan fingerprint density at radius 2 is 1.74 bits per heavy atom. The van der Waals surface area contributed by atoms with E-state index in [1.54, 1.807) is 14.2 Å². The summed E-state index contributed by atoms with van der Waals surface area (Å²) in [6.45, 7) is 3.16. The van der Waals surface area contributed by atoms with Crippen molar-refractivity contribution in [3.63, 3.8) is 0 Å². The number of ether oxygens (including phenoxy) is 2. The number of nitrogens with zero attached hydrogens (tertiary/aromatic N) is 2. The number of para-hydroxylation sites is 1. The average Bonchev–Trinajstić information content (AvgIpc) is 2.71. The fourth-order valence-electron chi connectivity index (χ4n) is 3.71. The lowest BCUT2D eigenvalue weighted by Crippen LogP contribution is -2.36. The third-order valence-electron chi connectivity index (χ3n) is 5.08. The minimum absolute atomic E-state index is 0.0390. The minimum atomic E-state index is 0.0390. The van der Waals surface area contributed by atoms with Crippen molar-refractivity contribution in [1.82, 2.24) is 9.88 Å². The highest BCUT2D eigenvalue weighted by atomic mass is 16.5. The van der Waals surface area contributed by atoms with Crippen LogP contribution in [0.3, 0.4) is 0 Å². The molecular weight excluding hydrogens is 340 g/mol. The lowest BCUT2D eigenvalue weighted by atomic mass is 9.97. The number of amides is 1. The summed E-state index contributed by atoms with van der Waals surface area (Å²) in [5.41, 5.74) is 4.71. The Balaban J connectivity index is 1.69. The average molecular weight is 362 g/mol. The standard InChI is InChI=1S/C22H22N2O3/c1-14-10-18(17-6-4-5-7-19(17)23-14)22(25)24-9-8-15-11-20(26-2)21(27-3)12-16(15)13-24/h4-7,10-12H,8-9,13H2,1-3H3. The number of carbonyl (C=O) groups excluding carboxylic acids is 1. The fraction of sp³-hybridized carbons (Fsp3) is 0.273. The molecule has 2 aromatic carbocycles. The van der Waals surface area contributed by atoms with Crippen molar-refractivity contribution in [2.45, 2.75) is 19.9 Å². The number of aryl methyl sites for hydroxylation is 1. The molecule has 0 aliphatic carbocycles. The number of carbonyl (C=O) groups is 1. The van der Waals surface area contributed by atoms with E-state index in [0.717, 1.165) is 34.3 Å². The Hall–Kier alpha value is -3.08. The Bertz CT molecular complexity index is 1030. The first kappa shape index (κ1) is 17.3. The van der Waals surface area contributed by atoms with Crippen molar-refractivity contribution in [2.75, 3.05) is 20.8 Å². The molecule has 0 unspecified atom stereocenters. The summed E-state index contributed by atoms with van der Waals surface area (Å²) in [5.74, 6) is 1.46. The number of aromatic nitrogens is 1. The molecule has 0 N–H and O–H groups in total. The minimum Gasteiger partial charge on any atom is -0.493 e. The maximum atomic E-state index is 13.3. The van der Waals surface area contributed by atoms with Gasteiger partial charge in [0.2, 0.25) is 0 Å². The van der Waals surface area contributed by atoms with E-state index in [9.17, 15) is 4.79 Å². The predicted molar refractivity (Wildman–Crippen MR) is 104 cm³/mol. The molecule has 27 heavy (non-hydrogen) atoms. The van der Waals surface area contributed by atoms with Gasteiger partial charge in [0.05, 0.1) is 25.3 Å². The van der Waals surface area contributed by atoms with Crippen LogP contribution in [0, 0.1) is 6.92 Å². The van der Waals surface area contributed by atoms with Gasteiger partial charge < -0.3 is 14.4 Å². The summed E-state index contributed by atoms with van der Waals surface area (Å²) in [4.78, 5) is 19.7. The molecule has 0 radical (unpaired) electrons. The van der Waals surface area contributed by atoms with Crippen molar-refractivity contribution < 1.29 is 14.3 Å². The number of benzene rings is 2. The number of hydrogen-bond donors (Lipinski definition) is 0. The number of pyridine rings is 1. The molecule has 5 nitrogen and oxygen atoms in total. The molecule has 0 saturated carbocycles. The largest absolute Gasteiger partial charge is 0.493 e. The number of hydrogen-bond acceptors (Lipinski definition) is 4. The Kier molecular flexibility index (Phi) is 4.44. The van der Waals surface area contributed by atoms with Crippen LogP contribution in [0.5, 0.6) is 11.5 Å². The second kappa shape index (κ2) is 6.91. The van der Waals surface area contributed by atoms with E-state index in [0.29, 0.717) is 24.4 Å². The van der Waals surface area contributed by atoms with Gasteiger partial charge in [-0.05, 0) is 48.7 Å². The lowest BCUT2D eigenvalue weighted by Gasteiger charge is -2.30. The van der Waals surface area contributed by atoms with Gasteiger partial charge in [-0.1, -0.05) is 18.2 Å². The first-order valence-electron chi connectivity index (χ1n) is 9.00. The van der Waals surface area contributed by atoms with Crippen LogP contribution in [-0.2, 0) is 13.0 Å². The van der Waals surface area contributed by atoms with Crippen molar-refractivity contribution in [2.24, 2.45) is 0 Å². The number of methoxy groups -OCH3 is 2. The maximum Gasteiger partial charge on any atom is 0.254 e. The molecule has 1 aliphatic rings. The Labute approximate surface area is 158 Å². The van der Waals surface area contributed by atoms with Gasteiger partial charge in [0.25, 0.3) is 5.91 Å². The van der Waals surface area contributed by atoms with E-state index in [4.69, 9.17) is 9.47 Å². The molecule has 138 valence electrons. The molecule has 0 saturated heterocycles. The topological polar surface area (TPSA) is 51.7 Å². The summed E-state index contributed by atoms with van der Waals surface area (Å²) in [5, 5.41) is 0.895. The third-order valence-corrected chi connectivity index (χ3v) is 5.08. The summed E-state index contributed by atoms with van der Waals surface area (Å²) < 4.78 is 10.8. The SMILES string of the molecule is COc1cc2c(cc1OC)CN(C(=O)c1cc(C)nc3ccccc13)CC2. The van der Waals surface area contributed by atoms with Crippen LogP contribution in [0.15, 0.2) is 42.5 Å². The van der Waals surface area contributed by atoms with Crippen LogP contribution in [0.1, 0.15) is 27.2 Å². The molecule has 1 aliphatic heterocycles. The van der Waals surface area contributed by atoms with Crippen molar-refractivity contribution in [3.05, 3.63) is 64.8 Å². The lowest BCUT2D eigenvalue weighted by molar-refractivity contribution is 0.0736. The molecule has 3 aromatic rings. The molecule has 0 bridgehead atoms. The zero-order valence-corrected chi connectivity index (χ0v) is 15.8.